The zero-order valence-corrected chi connectivity index (χ0v) is 16.5. The third-order valence-electron chi connectivity index (χ3n) is 5.85. The highest BCUT2D eigenvalue weighted by molar-refractivity contribution is 7.08. The Morgan fingerprint density at radius 2 is 1.96 bits per heavy atom. The first-order valence-electron chi connectivity index (χ1n) is 9.42. The minimum absolute atomic E-state index is 0.0162. The van der Waals surface area contributed by atoms with E-state index in [9.17, 15) is 4.79 Å². The number of benzene rings is 1. The predicted octanol–water partition coefficient (Wildman–Crippen LogP) is 4.17. The van der Waals surface area contributed by atoms with Crippen LogP contribution in [0.15, 0.2) is 47.2 Å². The van der Waals surface area contributed by atoms with Crippen LogP contribution in [0.2, 0.25) is 0 Å². The topological polar surface area (TPSA) is 68.5 Å². The molecule has 28 heavy (non-hydrogen) atoms. The maximum absolute atomic E-state index is 12.0. The Labute approximate surface area is 167 Å². The van der Waals surface area contributed by atoms with Crippen molar-refractivity contribution in [2.24, 2.45) is 5.73 Å². The van der Waals surface area contributed by atoms with Crippen molar-refractivity contribution in [1.82, 2.24) is 4.98 Å². The van der Waals surface area contributed by atoms with Crippen LogP contribution in [0.3, 0.4) is 0 Å². The average molecular weight is 391 g/mol. The Balaban J connectivity index is 1.63. The lowest BCUT2D eigenvalue weighted by molar-refractivity contribution is -0.121. The molecule has 6 heteroatoms. The van der Waals surface area contributed by atoms with Crippen LogP contribution in [-0.2, 0) is 10.3 Å². The zero-order valence-electron chi connectivity index (χ0n) is 15.6. The summed E-state index contributed by atoms with van der Waals surface area (Å²) in [5, 5.41) is 4.14. The van der Waals surface area contributed by atoms with Gasteiger partial charge in [0, 0.05) is 23.7 Å². The van der Waals surface area contributed by atoms with E-state index in [4.69, 9.17) is 15.5 Å². The molecule has 2 aromatic heterocycles. The molecule has 1 amide bonds. The molecule has 0 atom stereocenters. The smallest absolute Gasteiger partial charge is 0.264 e. The molecular weight excluding hydrogens is 370 g/mol. The summed E-state index contributed by atoms with van der Waals surface area (Å²) in [7, 11) is 1.76. The van der Waals surface area contributed by atoms with Crippen molar-refractivity contribution in [3.63, 3.8) is 0 Å². The summed E-state index contributed by atoms with van der Waals surface area (Å²) in [6.07, 6.45) is 3.27. The summed E-state index contributed by atoms with van der Waals surface area (Å²) in [5.74, 6) is 0.422. The summed E-state index contributed by atoms with van der Waals surface area (Å²) >= 11 is 1.64. The zero-order chi connectivity index (χ0) is 19.3. The second kappa shape index (κ2) is 6.43. The first-order chi connectivity index (χ1) is 13.5. The number of ether oxygens (including phenoxy) is 1. The van der Waals surface area contributed by atoms with E-state index in [1.165, 1.54) is 12.0 Å². The number of amides is 1. The van der Waals surface area contributed by atoms with Crippen molar-refractivity contribution in [1.29, 1.82) is 0 Å². The van der Waals surface area contributed by atoms with Crippen LogP contribution < -0.4 is 15.4 Å². The van der Waals surface area contributed by atoms with Gasteiger partial charge >= 0.3 is 0 Å². The minimum Gasteiger partial charge on any atom is -0.466 e. The number of likely N-dealkylation sites (N-methyl/N-ethyl adjacent to an activating group) is 1. The lowest BCUT2D eigenvalue weighted by atomic mass is 9.72. The normalized spacial score (nSPS) is 17.6. The Hall–Kier alpha value is -2.70. The molecule has 1 fully saturated rings. The number of nitrogens with zero attached hydrogens (tertiary/aromatic N) is 2. The van der Waals surface area contributed by atoms with Crippen molar-refractivity contribution in [3.8, 4) is 28.3 Å². The molecular formula is C22H21N3O2S. The van der Waals surface area contributed by atoms with Crippen molar-refractivity contribution in [2.45, 2.75) is 24.8 Å². The first kappa shape index (κ1) is 17.4. The number of hydrogen-bond donors (Lipinski definition) is 1. The van der Waals surface area contributed by atoms with Gasteiger partial charge in [0.25, 0.3) is 5.91 Å². The maximum Gasteiger partial charge on any atom is 0.264 e. The van der Waals surface area contributed by atoms with E-state index in [0.717, 1.165) is 35.2 Å². The molecule has 0 bridgehead atoms. The Morgan fingerprint density at radius 1 is 1.18 bits per heavy atom. The molecule has 142 valence electrons. The molecule has 3 aromatic rings. The van der Waals surface area contributed by atoms with Gasteiger partial charge in [0.1, 0.15) is 5.69 Å². The summed E-state index contributed by atoms with van der Waals surface area (Å²) < 4.78 is 5.63. The second-order valence-electron chi connectivity index (χ2n) is 7.55. The molecule has 0 spiro atoms. The van der Waals surface area contributed by atoms with Crippen LogP contribution in [0.1, 0.15) is 24.8 Å². The highest BCUT2D eigenvalue weighted by Crippen LogP contribution is 2.42. The maximum atomic E-state index is 12.0. The van der Waals surface area contributed by atoms with Crippen molar-refractivity contribution < 1.29 is 9.53 Å². The number of pyridine rings is 1. The summed E-state index contributed by atoms with van der Waals surface area (Å²) in [4.78, 5) is 18.5. The fourth-order valence-corrected chi connectivity index (χ4v) is 4.51. The number of rotatable bonds is 3. The first-order valence-corrected chi connectivity index (χ1v) is 10.4. The lowest BCUT2D eigenvalue weighted by Gasteiger charge is -2.38. The predicted molar refractivity (Wildman–Crippen MR) is 112 cm³/mol. The van der Waals surface area contributed by atoms with Crippen molar-refractivity contribution in [3.05, 3.63) is 52.7 Å². The van der Waals surface area contributed by atoms with E-state index in [0.29, 0.717) is 11.6 Å². The molecule has 0 unspecified atom stereocenters. The standard InChI is InChI=1S/C22H21N3O2S/c1-25-18-11-17(15-7-10-28-13-15)20(24-21(18)27-12-19(25)26)14-3-5-16(6-4-14)22(23)8-2-9-22/h3-7,10-11,13H,2,8-9,12,23H2,1H3. The van der Waals surface area contributed by atoms with Gasteiger partial charge in [-0.2, -0.15) is 11.3 Å². The number of carbonyl (C=O) groups excluding carboxylic acids is 1. The largest absolute Gasteiger partial charge is 0.466 e. The summed E-state index contributed by atoms with van der Waals surface area (Å²) in [6, 6.07) is 12.5. The van der Waals surface area contributed by atoms with Gasteiger partial charge in [0.2, 0.25) is 5.88 Å². The van der Waals surface area contributed by atoms with Gasteiger partial charge in [-0.05, 0) is 53.3 Å². The number of anilines is 1. The van der Waals surface area contributed by atoms with Crippen LogP contribution in [0.5, 0.6) is 5.88 Å². The molecule has 5 rings (SSSR count). The van der Waals surface area contributed by atoms with Gasteiger partial charge in [-0.1, -0.05) is 24.3 Å². The van der Waals surface area contributed by atoms with Gasteiger partial charge < -0.3 is 15.4 Å². The monoisotopic (exact) mass is 391 g/mol. The Bertz CT molecular complexity index is 1040. The molecule has 2 aliphatic rings. The number of fused-ring (bicyclic) bond motifs is 1. The molecule has 5 nitrogen and oxygen atoms in total. The lowest BCUT2D eigenvalue weighted by Crippen LogP contribution is -2.43. The van der Waals surface area contributed by atoms with Crippen molar-refractivity contribution >= 4 is 22.9 Å². The molecule has 1 aromatic carbocycles. The molecule has 1 saturated carbocycles. The van der Waals surface area contributed by atoms with Crippen LogP contribution in [0.25, 0.3) is 22.4 Å². The number of hydrogen-bond acceptors (Lipinski definition) is 5. The fraction of sp³-hybridized carbons (Fsp3) is 0.273. The fourth-order valence-electron chi connectivity index (χ4n) is 3.86. The number of nitrogens with two attached hydrogens (primary N) is 1. The van der Waals surface area contributed by atoms with Crippen LogP contribution in [0, 0.1) is 0 Å². The van der Waals surface area contributed by atoms with Crippen LogP contribution in [0.4, 0.5) is 5.69 Å². The minimum atomic E-state index is -0.176. The quantitative estimate of drug-likeness (QED) is 0.728. The van der Waals surface area contributed by atoms with Gasteiger partial charge in [-0.25, -0.2) is 4.98 Å². The van der Waals surface area contributed by atoms with Gasteiger partial charge in [0.15, 0.2) is 6.61 Å². The molecule has 1 aliphatic heterocycles. The van der Waals surface area contributed by atoms with Gasteiger partial charge in [-0.15, -0.1) is 0 Å². The number of carbonyl (C=O) groups is 1. The van der Waals surface area contributed by atoms with Crippen LogP contribution >= 0.6 is 11.3 Å². The van der Waals surface area contributed by atoms with E-state index < -0.39 is 0 Å². The third-order valence-corrected chi connectivity index (χ3v) is 6.53. The van der Waals surface area contributed by atoms with Gasteiger partial charge in [-0.3, -0.25) is 4.79 Å². The highest BCUT2D eigenvalue weighted by atomic mass is 32.1. The SMILES string of the molecule is CN1C(=O)COc2nc(-c3ccc(C4(N)CCC4)cc3)c(-c3ccsc3)cc21. The van der Waals surface area contributed by atoms with E-state index in [1.807, 2.05) is 11.4 Å². The molecule has 1 aliphatic carbocycles. The Kier molecular flexibility index (Phi) is 4.00. The molecule has 0 saturated heterocycles. The Morgan fingerprint density at radius 3 is 2.61 bits per heavy atom. The van der Waals surface area contributed by atoms with E-state index in [1.54, 1.807) is 23.3 Å². The van der Waals surface area contributed by atoms with Crippen molar-refractivity contribution in [2.75, 3.05) is 18.6 Å². The number of aromatic nitrogens is 1. The van der Waals surface area contributed by atoms with Crippen LogP contribution in [-0.4, -0.2) is 24.5 Å². The van der Waals surface area contributed by atoms with E-state index in [2.05, 4.69) is 35.7 Å². The highest BCUT2D eigenvalue weighted by Gasteiger charge is 2.34. The van der Waals surface area contributed by atoms with E-state index >= 15 is 0 Å². The average Bonchev–Trinajstić information content (AvgIpc) is 3.23. The molecule has 0 radical (unpaired) electrons. The third kappa shape index (κ3) is 2.72. The summed E-state index contributed by atoms with van der Waals surface area (Å²) in [6.45, 7) is 0.0162. The molecule has 2 N–H and O–H groups in total. The van der Waals surface area contributed by atoms with E-state index in [-0.39, 0.29) is 18.1 Å². The summed E-state index contributed by atoms with van der Waals surface area (Å²) in [5.41, 5.74) is 12.1. The molecule has 3 heterocycles. The van der Waals surface area contributed by atoms with Gasteiger partial charge in [0.05, 0.1) is 5.69 Å². The number of thiophene rings is 1. The second-order valence-corrected chi connectivity index (χ2v) is 8.33.